The van der Waals surface area contributed by atoms with Crippen LogP contribution in [0.4, 0.5) is 0 Å². The normalized spacial score (nSPS) is 17.3. The molecule has 0 aliphatic rings. The molecule has 0 spiro atoms. The maximum atomic E-state index is 9.73. The van der Waals surface area contributed by atoms with E-state index >= 15 is 0 Å². The molecule has 0 radical (unpaired) electrons. The largest absolute Gasteiger partial charge is 0.208 e. The summed E-state index contributed by atoms with van der Waals surface area (Å²) in [6, 6.07) is -3.12. The first-order valence-corrected chi connectivity index (χ1v) is 16.4. The molecule has 0 bridgehead atoms. The van der Waals surface area contributed by atoms with Gasteiger partial charge in [0.2, 0.25) is 0 Å². The lowest BCUT2D eigenvalue weighted by Crippen LogP contribution is -2.00. The Labute approximate surface area is 346 Å². The minimum absolute atomic E-state index is 0.0909. The molecule has 0 fully saturated rings. The second-order valence-corrected chi connectivity index (χ2v) is 11.8. The van der Waals surface area contributed by atoms with E-state index < -0.39 is 210 Å². The Morgan fingerprint density at radius 3 is 1.04 bits per heavy atom. The second-order valence-electron chi connectivity index (χ2n) is 11.8. The fourth-order valence-electron chi connectivity index (χ4n) is 5.97. The summed E-state index contributed by atoms with van der Waals surface area (Å²) in [5.74, 6) is -0.139. The third-order valence-electron chi connectivity index (χ3n) is 8.49. The van der Waals surface area contributed by atoms with Gasteiger partial charge in [-0.3, -0.25) is 0 Å². The number of benzene rings is 9. The zero-order valence-corrected chi connectivity index (χ0v) is 27.6. The van der Waals surface area contributed by atoms with E-state index in [1.807, 2.05) is 0 Å². The van der Waals surface area contributed by atoms with Gasteiger partial charge >= 0.3 is 0 Å². The van der Waals surface area contributed by atoms with Crippen molar-refractivity contribution in [3.05, 3.63) is 200 Å². The summed E-state index contributed by atoms with van der Waals surface area (Å²) in [5, 5.41) is -2.99. The molecule has 0 saturated carbocycles. The molecule has 0 N–H and O–H groups in total. The van der Waals surface area contributed by atoms with Crippen molar-refractivity contribution < 1.29 is 31.5 Å². The number of rotatable bonds is 6. The number of nitrogens with zero attached hydrogens (tertiary/aromatic N) is 3. The monoisotopic (exact) mass is 710 g/mol. The first-order chi connectivity index (χ1) is 36.4. The zero-order valence-electron chi connectivity index (χ0n) is 50.6. The molecule has 10 aromatic rings. The van der Waals surface area contributed by atoms with Gasteiger partial charge in [-0.25, -0.2) is 15.0 Å². The fourth-order valence-corrected chi connectivity index (χ4v) is 5.97. The minimum atomic E-state index is -1.04. The van der Waals surface area contributed by atoms with E-state index in [1.165, 1.54) is 0 Å². The molecule has 1 heterocycles. The molecule has 0 unspecified atom stereocenters. The van der Waals surface area contributed by atoms with Gasteiger partial charge in [-0.15, -0.1) is 0 Å². The van der Waals surface area contributed by atoms with Crippen LogP contribution in [0.1, 0.15) is 31.5 Å². The smallest absolute Gasteiger partial charge is 0.164 e. The third kappa shape index (κ3) is 5.78. The Hall–Kier alpha value is -7.23. The number of aromatic nitrogens is 3. The molecule has 3 heteroatoms. The van der Waals surface area contributed by atoms with Crippen molar-refractivity contribution in [2.75, 3.05) is 0 Å². The van der Waals surface area contributed by atoms with Gasteiger partial charge in [0.05, 0.1) is 31.5 Å². The molecule has 3 nitrogen and oxygen atoms in total. The van der Waals surface area contributed by atoms with Crippen LogP contribution in [0.2, 0.25) is 0 Å². The van der Waals surface area contributed by atoms with Crippen molar-refractivity contribution in [1.29, 1.82) is 0 Å². The summed E-state index contributed by atoms with van der Waals surface area (Å²) in [5.41, 5.74) is -4.23. The van der Waals surface area contributed by atoms with Gasteiger partial charge in [-0.2, -0.15) is 0 Å². The molecule has 0 aliphatic carbocycles. The Morgan fingerprint density at radius 2 is 0.593 bits per heavy atom. The molecule has 252 valence electrons. The molecule has 10 rings (SSSR count). The van der Waals surface area contributed by atoms with Gasteiger partial charge < -0.3 is 0 Å². The summed E-state index contributed by atoms with van der Waals surface area (Å²) in [4.78, 5) is 13.8. The molecule has 9 aromatic carbocycles. The lowest BCUT2D eigenvalue weighted by Gasteiger charge is -2.13. The summed E-state index contributed by atoms with van der Waals surface area (Å²) in [6.07, 6.45) is 0. The molecule has 0 aliphatic heterocycles. The van der Waals surface area contributed by atoms with E-state index in [9.17, 15) is 8.22 Å². The van der Waals surface area contributed by atoms with Crippen molar-refractivity contribution >= 4 is 32.3 Å². The van der Waals surface area contributed by atoms with Crippen LogP contribution >= 0.6 is 0 Å². The van der Waals surface area contributed by atoms with Crippen LogP contribution in [-0.4, -0.2) is 15.0 Å². The van der Waals surface area contributed by atoms with Crippen molar-refractivity contribution in [3.63, 3.8) is 0 Å². The standard InChI is InChI=1S/C51H33N3/c1-3-14-34(15-4-1)49-52-50(35-16-5-2-6-17-35)54-51(53-49)42-23-13-22-40(32-42)38-20-11-18-36(30-38)37-19-12-21-39(31-37)41-28-29-47-45-26-8-7-24-43(45)44-25-9-10-27-46(44)48(47)33-41/h1-33H/i7D,8D,9D,10D,11D,12D,13D,18D,19D,20D,21D,22D,23D,24D,25D,26D,27D,28D,29D,30D,31D,32D,33D. The van der Waals surface area contributed by atoms with E-state index in [0.29, 0.717) is 11.1 Å². The van der Waals surface area contributed by atoms with Crippen LogP contribution < -0.4 is 0 Å². The summed E-state index contributed by atoms with van der Waals surface area (Å²) < 4.78 is 209. The van der Waals surface area contributed by atoms with Gasteiger partial charge in [-0.1, -0.05) is 175 Å². The lowest BCUT2D eigenvalue weighted by molar-refractivity contribution is 1.07. The zero-order chi connectivity index (χ0) is 55.9. The highest BCUT2D eigenvalue weighted by atomic mass is 15.0. The van der Waals surface area contributed by atoms with Crippen molar-refractivity contribution in [3.8, 4) is 67.5 Å². The van der Waals surface area contributed by atoms with Crippen molar-refractivity contribution in [2.45, 2.75) is 0 Å². The van der Waals surface area contributed by atoms with E-state index in [1.54, 1.807) is 60.7 Å². The Bertz CT molecular complexity index is 4200. The third-order valence-corrected chi connectivity index (χ3v) is 8.49. The molecule has 1 aromatic heterocycles. The molecule has 54 heavy (non-hydrogen) atoms. The van der Waals surface area contributed by atoms with Gasteiger partial charge in [-0.05, 0) is 89.9 Å². The molecule has 0 atom stereocenters. The average Bonchev–Trinajstić information content (AvgIpc) is 3.63. The number of fused-ring (bicyclic) bond motifs is 6. The topological polar surface area (TPSA) is 38.7 Å². The van der Waals surface area contributed by atoms with Crippen LogP contribution in [0.5, 0.6) is 0 Å². The summed E-state index contributed by atoms with van der Waals surface area (Å²) in [7, 11) is 0. The Kier molecular flexibility index (Phi) is 3.92. The first-order valence-electron chi connectivity index (χ1n) is 27.9. The average molecular weight is 711 g/mol. The quantitative estimate of drug-likeness (QED) is 0.161. The predicted octanol–water partition coefficient (Wildman–Crippen LogP) is 13.3. The summed E-state index contributed by atoms with van der Waals surface area (Å²) >= 11 is 0. The van der Waals surface area contributed by atoms with Crippen molar-refractivity contribution in [1.82, 2.24) is 15.0 Å². The molecular weight excluding hydrogens is 655 g/mol. The first kappa shape index (κ1) is 15.8. The Balaban J connectivity index is 1.29. The number of hydrogen-bond donors (Lipinski definition) is 0. The van der Waals surface area contributed by atoms with E-state index in [-0.39, 0.29) is 17.5 Å². The molecule has 0 saturated heterocycles. The maximum absolute atomic E-state index is 9.73. The van der Waals surface area contributed by atoms with Crippen LogP contribution in [0, 0.1) is 0 Å². The second kappa shape index (κ2) is 13.4. The maximum Gasteiger partial charge on any atom is 0.164 e. The highest BCUT2D eigenvalue weighted by Gasteiger charge is 2.14. The fraction of sp³-hybridized carbons (Fsp3) is 0. The van der Waals surface area contributed by atoms with Crippen molar-refractivity contribution in [2.24, 2.45) is 0 Å². The number of hydrogen-bond acceptors (Lipinski definition) is 3. The van der Waals surface area contributed by atoms with E-state index in [0.717, 1.165) is 0 Å². The van der Waals surface area contributed by atoms with Gasteiger partial charge in [0.15, 0.2) is 17.5 Å². The highest BCUT2D eigenvalue weighted by Crippen LogP contribution is 2.38. The SMILES string of the molecule is [2H]c1c([2H])c(-c2nc(-c3ccccc3)nc(-c3ccccc3)n2)c([2H])c(-c2c([2H])c([2H])c([2H])c(-c3c([2H])c([2H])c([2H])c(-c4c([2H])c([2H])c5c6c([2H])c([2H])c([2H])c([2H])c6c6c([2H])c([2H])c([2H])c([2H])c6c5c4[2H])c3[2H])c2[2H])c1[2H]. The lowest BCUT2D eigenvalue weighted by atomic mass is 9.91. The van der Waals surface area contributed by atoms with Gasteiger partial charge in [0.25, 0.3) is 0 Å². The van der Waals surface area contributed by atoms with Gasteiger partial charge in [0, 0.05) is 16.7 Å². The van der Waals surface area contributed by atoms with Crippen LogP contribution in [-0.2, 0) is 0 Å². The van der Waals surface area contributed by atoms with Crippen LogP contribution in [0.15, 0.2) is 200 Å². The van der Waals surface area contributed by atoms with Crippen LogP contribution in [0.25, 0.3) is 99.9 Å². The highest BCUT2D eigenvalue weighted by molar-refractivity contribution is 6.25. The van der Waals surface area contributed by atoms with Gasteiger partial charge in [0.1, 0.15) is 0 Å². The molecular formula is C51H33N3. The predicted molar refractivity (Wildman–Crippen MR) is 225 cm³/mol. The molecule has 0 amide bonds. The van der Waals surface area contributed by atoms with E-state index in [2.05, 4.69) is 15.0 Å². The Morgan fingerprint density at radius 1 is 0.259 bits per heavy atom. The minimum Gasteiger partial charge on any atom is -0.208 e. The summed E-state index contributed by atoms with van der Waals surface area (Å²) in [6.45, 7) is 0. The van der Waals surface area contributed by atoms with E-state index in [4.69, 9.17) is 23.3 Å². The van der Waals surface area contributed by atoms with Crippen LogP contribution in [0.3, 0.4) is 0 Å².